The second-order valence-electron chi connectivity index (χ2n) is 4.91. The Bertz CT molecular complexity index is 738. The van der Waals surface area contributed by atoms with Gasteiger partial charge in [-0.25, -0.2) is 13.2 Å². The zero-order chi connectivity index (χ0) is 17.0. The number of carbonyl (C=O) groups excluding carboxylic acids is 1. The number of amides is 1. The molecule has 0 saturated heterocycles. The van der Waals surface area contributed by atoms with Crippen LogP contribution in [0, 0.1) is 24.4 Å². The standard InChI is InChI=1S/C16H14BrF3N2O/c1-9-8-10(17)2-4-12(9)21-7-6-14(23)22-13-5-3-11(18)15(19)16(13)20/h2-5,8,21H,6-7H2,1H3,(H,22,23). The maximum atomic E-state index is 13.5. The van der Waals surface area contributed by atoms with Gasteiger partial charge in [-0.2, -0.15) is 0 Å². The van der Waals surface area contributed by atoms with Crippen molar-refractivity contribution < 1.29 is 18.0 Å². The van der Waals surface area contributed by atoms with Crippen molar-refractivity contribution in [3.05, 3.63) is 57.8 Å². The Hall–Kier alpha value is -2.02. The highest BCUT2D eigenvalue weighted by Crippen LogP contribution is 2.21. The van der Waals surface area contributed by atoms with Gasteiger partial charge in [-0.15, -0.1) is 0 Å². The van der Waals surface area contributed by atoms with Crippen molar-refractivity contribution in [1.29, 1.82) is 0 Å². The first kappa shape index (κ1) is 17.3. The molecule has 0 aliphatic heterocycles. The summed E-state index contributed by atoms with van der Waals surface area (Å²) in [5.74, 6) is -4.81. The summed E-state index contributed by atoms with van der Waals surface area (Å²) in [4.78, 5) is 11.7. The molecule has 23 heavy (non-hydrogen) atoms. The molecule has 2 aromatic carbocycles. The van der Waals surface area contributed by atoms with Crippen molar-refractivity contribution >= 4 is 33.2 Å². The summed E-state index contributed by atoms with van der Waals surface area (Å²) in [6.07, 6.45) is 0.0495. The number of rotatable bonds is 5. The lowest BCUT2D eigenvalue weighted by atomic mass is 10.2. The van der Waals surface area contributed by atoms with Gasteiger partial charge in [-0.05, 0) is 42.8 Å². The number of nitrogens with one attached hydrogen (secondary N) is 2. The maximum Gasteiger partial charge on any atom is 0.226 e. The summed E-state index contributed by atoms with van der Waals surface area (Å²) in [5.41, 5.74) is 1.50. The molecule has 0 aromatic heterocycles. The van der Waals surface area contributed by atoms with E-state index in [0.717, 1.165) is 27.9 Å². The van der Waals surface area contributed by atoms with Gasteiger partial charge in [0.15, 0.2) is 17.5 Å². The average molecular weight is 387 g/mol. The Morgan fingerprint density at radius 3 is 2.48 bits per heavy atom. The fourth-order valence-electron chi connectivity index (χ4n) is 1.97. The van der Waals surface area contributed by atoms with Crippen LogP contribution in [-0.4, -0.2) is 12.5 Å². The number of hydrogen-bond donors (Lipinski definition) is 2. The van der Waals surface area contributed by atoms with Gasteiger partial charge in [0.2, 0.25) is 5.91 Å². The minimum absolute atomic E-state index is 0.0495. The Morgan fingerprint density at radius 2 is 1.78 bits per heavy atom. The average Bonchev–Trinajstić information content (AvgIpc) is 2.50. The third-order valence-electron chi connectivity index (χ3n) is 3.17. The molecule has 2 aromatic rings. The minimum Gasteiger partial charge on any atom is -0.384 e. The fraction of sp³-hybridized carbons (Fsp3) is 0.188. The Morgan fingerprint density at radius 1 is 1.09 bits per heavy atom. The summed E-state index contributed by atoms with van der Waals surface area (Å²) < 4.78 is 40.3. The molecule has 0 aliphatic rings. The molecule has 7 heteroatoms. The second-order valence-corrected chi connectivity index (χ2v) is 5.82. The highest BCUT2D eigenvalue weighted by atomic mass is 79.9. The van der Waals surface area contributed by atoms with Gasteiger partial charge in [0.1, 0.15) is 0 Å². The van der Waals surface area contributed by atoms with Crippen LogP contribution >= 0.6 is 15.9 Å². The van der Waals surface area contributed by atoms with E-state index in [1.54, 1.807) is 0 Å². The monoisotopic (exact) mass is 386 g/mol. The van der Waals surface area contributed by atoms with Crippen molar-refractivity contribution in [1.82, 2.24) is 0 Å². The molecular formula is C16H14BrF3N2O. The number of halogens is 4. The van der Waals surface area contributed by atoms with Crippen LogP contribution in [0.4, 0.5) is 24.5 Å². The third kappa shape index (κ3) is 4.48. The van der Waals surface area contributed by atoms with Crippen molar-refractivity contribution in [3.8, 4) is 0 Å². The second kappa shape index (κ2) is 7.50. The predicted octanol–water partition coefficient (Wildman–Crippen LogP) is 4.62. The number of anilines is 2. The zero-order valence-electron chi connectivity index (χ0n) is 12.2. The van der Waals surface area contributed by atoms with Crippen LogP contribution in [0.3, 0.4) is 0 Å². The van der Waals surface area contributed by atoms with E-state index in [9.17, 15) is 18.0 Å². The number of carbonyl (C=O) groups is 1. The first-order valence-corrected chi connectivity index (χ1v) is 7.61. The minimum atomic E-state index is -1.61. The van der Waals surface area contributed by atoms with E-state index in [-0.39, 0.29) is 12.1 Å². The lowest BCUT2D eigenvalue weighted by Crippen LogP contribution is -2.17. The van der Waals surface area contributed by atoms with Gasteiger partial charge in [0.05, 0.1) is 5.69 Å². The summed E-state index contributed by atoms with van der Waals surface area (Å²) in [6.45, 7) is 2.24. The first-order valence-electron chi connectivity index (χ1n) is 6.82. The van der Waals surface area contributed by atoms with E-state index in [4.69, 9.17) is 0 Å². The molecule has 0 saturated carbocycles. The smallest absolute Gasteiger partial charge is 0.226 e. The van der Waals surface area contributed by atoms with Crippen molar-refractivity contribution in [2.75, 3.05) is 17.2 Å². The molecule has 1 amide bonds. The van der Waals surface area contributed by atoms with E-state index in [0.29, 0.717) is 6.54 Å². The lowest BCUT2D eigenvalue weighted by Gasteiger charge is -2.10. The maximum absolute atomic E-state index is 13.5. The molecule has 0 atom stereocenters. The first-order chi connectivity index (χ1) is 10.9. The van der Waals surface area contributed by atoms with Gasteiger partial charge < -0.3 is 10.6 Å². The van der Waals surface area contributed by atoms with Crippen LogP contribution in [0.15, 0.2) is 34.8 Å². The summed E-state index contributed by atoms with van der Waals surface area (Å²) in [5, 5.41) is 5.30. The van der Waals surface area contributed by atoms with Gasteiger partial charge in [0, 0.05) is 23.1 Å². The predicted molar refractivity (Wildman–Crippen MR) is 86.9 cm³/mol. The molecule has 0 aliphatic carbocycles. The quantitative estimate of drug-likeness (QED) is 0.736. The van der Waals surface area contributed by atoms with Crippen LogP contribution in [0.5, 0.6) is 0 Å². The van der Waals surface area contributed by atoms with E-state index in [2.05, 4.69) is 26.6 Å². The summed E-state index contributed by atoms with van der Waals surface area (Å²) >= 11 is 3.36. The highest BCUT2D eigenvalue weighted by molar-refractivity contribution is 9.10. The summed E-state index contributed by atoms with van der Waals surface area (Å²) in [6, 6.07) is 7.41. The van der Waals surface area contributed by atoms with E-state index >= 15 is 0 Å². The van der Waals surface area contributed by atoms with Gasteiger partial charge in [-0.1, -0.05) is 15.9 Å². The van der Waals surface area contributed by atoms with E-state index in [1.165, 1.54) is 0 Å². The van der Waals surface area contributed by atoms with Crippen LogP contribution in [0.25, 0.3) is 0 Å². The Balaban J connectivity index is 1.89. The molecule has 0 spiro atoms. The van der Waals surface area contributed by atoms with Crippen LogP contribution in [-0.2, 0) is 4.79 Å². The number of benzene rings is 2. The van der Waals surface area contributed by atoms with Crippen LogP contribution < -0.4 is 10.6 Å². The Kier molecular flexibility index (Phi) is 5.65. The fourth-order valence-corrected chi connectivity index (χ4v) is 2.45. The van der Waals surface area contributed by atoms with E-state index < -0.39 is 23.4 Å². The molecule has 2 N–H and O–H groups in total. The lowest BCUT2D eigenvalue weighted by molar-refractivity contribution is -0.116. The normalized spacial score (nSPS) is 10.5. The van der Waals surface area contributed by atoms with Gasteiger partial charge in [-0.3, -0.25) is 4.79 Å². The molecule has 0 unspecified atom stereocenters. The molecular weight excluding hydrogens is 373 g/mol. The van der Waals surface area contributed by atoms with Crippen molar-refractivity contribution in [3.63, 3.8) is 0 Å². The molecule has 0 heterocycles. The van der Waals surface area contributed by atoms with Gasteiger partial charge >= 0.3 is 0 Å². The zero-order valence-corrected chi connectivity index (χ0v) is 13.8. The molecule has 0 bridgehead atoms. The highest BCUT2D eigenvalue weighted by Gasteiger charge is 2.15. The topological polar surface area (TPSA) is 41.1 Å². The molecule has 2 rings (SSSR count). The third-order valence-corrected chi connectivity index (χ3v) is 3.66. The number of aryl methyl sites for hydroxylation is 1. The number of hydrogen-bond acceptors (Lipinski definition) is 2. The van der Waals surface area contributed by atoms with Crippen LogP contribution in [0.2, 0.25) is 0 Å². The van der Waals surface area contributed by atoms with Gasteiger partial charge in [0.25, 0.3) is 0 Å². The van der Waals surface area contributed by atoms with Crippen molar-refractivity contribution in [2.45, 2.75) is 13.3 Å². The molecule has 0 fully saturated rings. The van der Waals surface area contributed by atoms with Crippen LogP contribution in [0.1, 0.15) is 12.0 Å². The Labute approximate surface area is 140 Å². The molecule has 122 valence electrons. The largest absolute Gasteiger partial charge is 0.384 e. The summed E-state index contributed by atoms with van der Waals surface area (Å²) in [7, 11) is 0. The molecule has 0 radical (unpaired) electrons. The molecule has 3 nitrogen and oxygen atoms in total. The van der Waals surface area contributed by atoms with E-state index in [1.807, 2.05) is 25.1 Å². The SMILES string of the molecule is Cc1cc(Br)ccc1NCCC(=O)Nc1ccc(F)c(F)c1F. The van der Waals surface area contributed by atoms with Crippen molar-refractivity contribution in [2.24, 2.45) is 0 Å².